The fraction of sp³-hybridized carbons (Fsp3) is 0.462. The second kappa shape index (κ2) is 6.39. The topological polar surface area (TPSA) is 72.2 Å². The third-order valence-electron chi connectivity index (χ3n) is 3.57. The summed E-state index contributed by atoms with van der Waals surface area (Å²) in [5.41, 5.74) is 6.00. The van der Waals surface area contributed by atoms with Gasteiger partial charge in [-0.25, -0.2) is 13.1 Å². The second-order valence-corrected chi connectivity index (χ2v) is 7.58. The van der Waals surface area contributed by atoms with Gasteiger partial charge < -0.3 is 5.73 Å². The fourth-order valence-corrected chi connectivity index (χ4v) is 3.82. The highest BCUT2D eigenvalue weighted by Gasteiger charge is 2.21. The lowest BCUT2D eigenvalue weighted by Crippen LogP contribution is -2.28. The van der Waals surface area contributed by atoms with E-state index in [2.05, 4.69) is 4.72 Å². The molecule has 4 nitrogen and oxygen atoms in total. The van der Waals surface area contributed by atoms with Gasteiger partial charge in [-0.2, -0.15) is 0 Å². The molecule has 110 valence electrons. The highest BCUT2D eigenvalue weighted by Crippen LogP contribution is 2.29. The highest BCUT2D eigenvalue weighted by atomic mass is 35.5. The first-order valence-corrected chi connectivity index (χ1v) is 8.76. The molecule has 0 spiro atoms. The molecule has 1 aliphatic carbocycles. The predicted molar refractivity (Wildman–Crippen MR) is 84.5 cm³/mol. The summed E-state index contributed by atoms with van der Waals surface area (Å²) in [6, 6.07) is 4.52. The molecular weight excluding hydrogens is 316 g/mol. The van der Waals surface area contributed by atoms with Crippen LogP contribution < -0.4 is 10.5 Å². The summed E-state index contributed by atoms with van der Waals surface area (Å²) in [5.74, 6) is 0.649. The Labute approximate surface area is 129 Å². The van der Waals surface area contributed by atoms with Gasteiger partial charge in [0, 0.05) is 12.1 Å². The number of hydrogen-bond acceptors (Lipinski definition) is 3. The van der Waals surface area contributed by atoms with Crippen LogP contribution in [0, 0.1) is 5.92 Å². The summed E-state index contributed by atoms with van der Waals surface area (Å²) < 4.78 is 27.1. The number of benzene rings is 1. The number of nitrogens with one attached hydrogen (secondary N) is 1. The van der Waals surface area contributed by atoms with E-state index < -0.39 is 10.0 Å². The van der Waals surface area contributed by atoms with E-state index >= 15 is 0 Å². The van der Waals surface area contributed by atoms with Gasteiger partial charge >= 0.3 is 0 Å². The molecule has 0 saturated heterocycles. The molecule has 20 heavy (non-hydrogen) atoms. The summed E-state index contributed by atoms with van der Waals surface area (Å²) in [4.78, 5) is 0.172. The summed E-state index contributed by atoms with van der Waals surface area (Å²) in [7, 11) is -3.62. The number of hydrogen-bond donors (Lipinski definition) is 2. The van der Waals surface area contributed by atoms with Crippen molar-refractivity contribution in [2.24, 2.45) is 11.7 Å². The van der Waals surface area contributed by atoms with Crippen LogP contribution in [0.3, 0.4) is 0 Å². The molecule has 0 aliphatic heterocycles. The Morgan fingerprint density at radius 3 is 2.70 bits per heavy atom. The normalized spacial score (nSPS) is 15.8. The second-order valence-electron chi connectivity index (χ2n) is 4.99. The minimum Gasteiger partial charge on any atom is -0.389 e. The van der Waals surface area contributed by atoms with Crippen LogP contribution in [0.15, 0.2) is 23.1 Å². The van der Waals surface area contributed by atoms with Crippen LogP contribution >= 0.6 is 23.8 Å². The van der Waals surface area contributed by atoms with E-state index in [-0.39, 0.29) is 14.9 Å². The molecular formula is C13H17ClN2O2S2. The molecule has 1 saturated carbocycles. The third kappa shape index (κ3) is 3.69. The first-order valence-electron chi connectivity index (χ1n) is 6.49. The zero-order valence-electron chi connectivity index (χ0n) is 10.9. The predicted octanol–water partition coefficient (Wildman–Crippen LogP) is 2.44. The molecule has 2 rings (SSSR count). The lowest BCUT2D eigenvalue weighted by molar-refractivity contribution is 0.297. The molecule has 0 atom stereocenters. The summed E-state index contributed by atoms with van der Waals surface area (Å²) in [6.07, 6.45) is 4.50. The van der Waals surface area contributed by atoms with Gasteiger partial charge in [-0.15, -0.1) is 0 Å². The summed E-state index contributed by atoms with van der Waals surface area (Å²) in [6.45, 7) is 0.431. The zero-order valence-corrected chi connectivity index (χ0v) is 13.3. The largest absolute Gasteiger partial charge is 0.389 e. The lowest BCUT2D eigenvalue weighted by atomic mass is 9.83. The van der Waals surface area contributed by atoms with Gasteiger partial charge in [-0.3, -0.25) is 0 Å². The van der Waals surface area contributed by atoms with Crippen molar-refractivity contribution < 1.29 is 8.42 Å². The van der Waals surface area contributed by atoms with Crippen LogP contribution in [0.2, 0.25) is 5.02 Å². The van der Waals surface area contributed by atoms with Gasteiger partial charge in [0.05, 0.1) is 5.02 Å². The van der Waals surface area contributed by atoms with Gasteiger partial charge in [-0.1, -0.05) is 49.1 Å². The Morgan fingerprint density at radius 1 is 1.45 bits per heavy atom. The van der Waals surface area contributed by atoms with Crippen molar-refractivity contribution in [2.45, 2.75) is 30.6 Å². The van der Waals surface area contributed by atoms with Crippen molar-refractivity contribution in [3.05, 3.63) is 28.8 Å². The first kappa shape index (κ1) is 15.7. The molecule has 1 aromatic rings. The Balaban J connectivity index is 2.10. The van der Waals surface area contributed by atoms with E-state index in [1.54, 1.807) is 6.07 Å². The van der Waals surface area contributed by atoms with Crippen molar-refractivity contribution in [3.8, 4) is 0 Å². The van der Waals surface area contributed by atoms with Gasteiger partial charge in [-0.05, 0) is 24.5 Å². The minimum absolute atomic E-state index is 0.0260. The Morgan fingerprint density at radius 2 is 2.15 bits per heavy atom. The summed E-state index contributed by atoms with van der Waals surface area (Å²) >= 11 is 10.8. The number of halogens is 1. The van der Waals surface area contributed by atoms with Gasteiger partial charge in [0.25, 0.3) is 0 Å². The maximum atomic E-state index is 12.2. The van der Waals surface area contributed by atoms with E-state index in [1.165, 1.54) is 31.4 Å². The zero-order chi connectivity index (χ0) is 14.8. The number of nitrogens with two attached hydrogens (primary N) is 1. The monoisotopic (exact) mass is 332 g/mol. The average Bonchev–Trinajstić information content (AvgIpc) is 2.32. The molecule has 7 heteroatoms. The Hall–Kier alpha value is -0.690. The van der Waals surface area contributed by atoms with E-state index in [0.29, 0.717) is 18.0 Å². The van der Waals surface area contributed by atoms with Crippen molar-refractivity contribution in [1.29, 1.82) is 0 Å². The van der Waals surface area contributed by atoms with Crippen LogP contribution in [0.4, 0.5) is 0 Å². The van der Waals surface area contributed by atoms with E-state index in [0.717, 1.165) is 6.42 Å². The van der Waals surface area contributed by atoms with E-state index in [4.69, 9.17) is 29.6 Å². The van der Waals surface area contributed by atoms with Crippen LogP contribution in [0.25, 0.3) is 0 Å². The van der Waals surface area contributed by atoms with Crippen molar-refractivity contribution in [2.75, 3.05) is 6.54 Å². The molecule has 0 amide bonds. The average molecular weight is 333 g/mol. The van der Waals surface area contributed by atoms with Gasteiger partial charge in [0.15, 0.2) is 0 Å². The quantitative estimate of drug-likeness (QED) is 0.785. The maximum Gasteiger partial charge on any atom is 0.242 e. The molecule has 1 aromatic carbocycles. The Bertz CT molecular complexity index is 613. The standard InChI is InChI=1S/C13H17ClN2O2S2/c14-11-5-4-10(13(15)19)8-12(11)20(17,18)16-7-6-9-2-1-3-9/h4-5,8-9,16H,1-3,6-7H2,(H2,15,19). The Kier molecular flexibility index (Phi) is 5.01. The first-order chi connectivity index (χ1) is 9.40. The van der Waals surface area contributed by atoms with Crippen molar-refractivity contribution in [3.63, 3.8) is 0 Å². The molecule has 3 N–H and O–H groups in total. The van der Waals surface area contributed by atoms with E-state index in [1.807, 2.05) is 0 Å². The molecule has 0 aromatic heterocycles. The van der Waals surface area contributed by atoms with Crippen LogP contribution in [-0.2, 0) is 10.0 Å². The molecule has 0 radical (unpaired) electrons. The van der Waals surface area contributed by atoms with E-state index in [9.17, 15) is 8.42 Å². The smallest absolute Gasteiger partial charge is 0.242 e. The number of rotatable bonds is 6. The lowest BCUT2D eigenvalue weighted by Gasteiger charge is -2.25. The fourth-order valence-electron chi connectivity index (χ4n) is 2.12. The highest BCUT2D eigenvalue weighted by molar-refractivity contribution is 7.89. The van der Waals surface area contributed by atoms with Crippen LogP contribution in [0.1, 0.15) is 31.2 Å². The minimum atomic E-state index is -3.62. The molecule has 0 bridgehead atoms. The third-order valence-corrected chi connectivity index (χ3v) is 5.75. The van der Waals surface area contributed by atoms with Crippen molar-refractivity contribution in [1.82, 2.24) is 4.72 Å². The van der Waals surface area contributed by atoms with Crippen LogP contribution in [0.5, 0.6) is 0 Å². The van der Waals surface area contributed by atoms with Crippen molar-refractivity contribution >= 4 is 38.8 Å². The van der Waals surface area contributed by atoms with Crippen LogP contribution in [-0.4, -0.2) is 20.0 Å². The number of sulfonamides is 1. The summed E-state index contributed by atoms with van der Waals surface area (Å²) in [5, 5.41) is 0.168. The number of thiocarbonyl (C=S) groups is 1. The SMILES string of the molecule is NC(=S)c1ccc(Cl)c(S(=O)(=O)NCCC2CCC2)c1. The molecule has 1 fully saturated rings. The van der Waals surface area contributed by atoms with Gasteiger partial charge in [0.1, 0.15) is 9.88 Å². The maximum absolute atomic E-state index is 12.2. The van der Waals surface area contributed by atoms with Gasteiger partial charge in [0.2, 0.25) is 10.0 Å². The molecule has 0 unspecified atom stereocenters. The molecule has 1 aliphatic rings. The molecule has 0 heterocycles.